The topological polar surface area (TPSA) is 32.7 Å². The highest BCUT2D eigenvalue weighted by atomic mass is 16.5. The maximum absolute atomic E-state index is 10.1. The molecule has 1 N–H and O–H groups in total. The highest BCUT2D eigenvalue weighted by Crippen LogP contribution is 2.17. The third-order valence-corrected chi connectivity index (χ3v) is 3.77. The number of ether oxygens (including phenoxy) is 1. The molecule has 0 saturated carbocycles. The number of hydrogen-bond donors (Lipinski definition) is 1. The van der Waals surface area contributed by atoms with Crippen LogP contribution in [-0.2, 0) is 4.74 Å². The first kappa shape index (κ1) is 13.9. The average molecular weight is 229 g/mol. The quantitative estimate of drug-likeness (QED) is 0.781. The molecule has 1 aliphatic rings. The van der Waals surface area contributed by atoms with E-state index in [1.807, 2.05) is 0 Å². The van der Waals surface area contributed by atoms with E-state index in [9.17, 15) is 5.11 Å². The molecule has 4 atom stereocenters. The first-order valence-corrected chi connectivity index (χ1v) is 6.62. The number of aliphatic hydroxyl groups excluding tert-OH is 1. The molecule has 1 fully saturated rings. The van der Waals surface area contributed by atoms with Crippen molar-refractivity contribution in [2.75, 3.05) is 19.7 Å². The Kier molecular flexibility index (Phi) is 5.73. The monoisotopic (exact) mass is 229 g/mol. The Hall–Kier alpha value is -0.120. The maximum atomic E-state index is 10.1. The molecule has 0 bridgehead atoms. The van der Waals surface area contributed by atoms with Gasteiger partial charge in [0, 0.05) is 19.1 Å². The lowest BCUT2D eigenvalue weighted by atomic mass is 10.00. The Morgan fingerprint density at radius 2 is 2.12 bits per heavy atom. The van der Waals surface area contributed by atoms with Crippen LogP contribution in [-0.4, -0.2) is 48.0 Å². The van der Waals surface area contributed by atoms with Crippen LogP contribution in [0.2, 0.25) is 0 Å². The molecule has 4 unspecified atom stereocenters. The zero-order chi connectivity index (χ0) is 12.1. The van der Waals surface area contributed by atoms with Gasteiger partial charge in [-0.15, -0.1) is 0 Å². The fourth-order valence-electron chi connectivity index (χ4n) is 2.20. The summed E-state index contributed by atoms with van der Waals surface area (Å²) < 4.78 is 5.66. The van der Waals surface area contributed by atoms with Crippen LogP contribution < -0.4 is 0 Å². The summed E-state index contributed by atoms with van der Waals surface area (Å²) in [6, 6.07) is 0.481. The summed E-state index contributed by atoms with van der Waals surface area (Å²) in [6.45, 7) is 11.1. The van der Waals surface area contributed by atoms with E-state index < -0.39 is 0 Å². The number of rotatable bonds is 5. The van der Waals surface area contributed by atoms with Crippen LogP contribution in [0.4, 0.5) is 0 Å². The molecule has 1 heterocycles. The second-order valence-corrected chi connectivity index (χ2v) is 5.11. The average Bonchev–Trinajstić information content (AvgIpc) is 2.28. The summed E-state index contributed by atoms with van der Waals surface area (Å²) in [5.74, 6) is 0.385. The highest BCUT2D eigenvalue weighted by molar-refractivity contribution is 4.80. The van der Waals surface area contributed by atoms with Gasteiger partial charge in [0.15, 0.2) is 0 Å². The molecular weight excluding hydrogens is 202 g/mol. The van der Waals surface area contributed by atoms with Crippen molar-refractivity contribution in [2.24, 2.45) is 5.92 Å². The van der Waals surface area contributed by atoms with E-state index in [0.717, 1.165) is 32.5 Å². The van der Waals surface area contributed by atoms with Crippen molar-refractivity contribution in [3.63, 3.8) is 0 Å². The van der Waals surface area contributed by atoms with E-state index in [0.29, 0.717) is 18.1 Å². The Morgan fingerprint density at radius 1 is 1.44 bits per heavy atom. The predicted octanol–water partition coefficient (Wildman–Crippen LogP) is 1.89. The van der Waals surface area contributed by atoms with Crippen molar-refractivity contribution in [3.05, 3.63) is 0 Å². The lowest BCUT2D eigenvalue weighted by Crippen LogP contribution is -2.51. The molecule has 3 nitrogen and oxygen atoms in total. The third-order valence-electron chi connectivity index (χ3n) is 3.77. The van der Waals surface area contributed by atoms with Gasteiger partial charge in [0.05, 0.1) is 18.8 Å². The zero-order valence-electron chi connectivity index (χ0n) is 11.1. The summed E-state index contributed by atoms with van der Waals surface area (Å²) in [4.78, 5) is 2.39. The lowest BCUT2D eigenvalue weighted by molar-refractivity contribution is -0.0725. The van der Waals surface area contributed by atoms with Crippen LogP contribution in [0.3, 0.4) is 0 Å². The number of morpholine rings is 1. The van der Waals surface area contributed by atoms with E-state index in [4.69, 9.17) is 4.74 Å². The molecule has 0 aromatic rings. The van der Waals surface area contributed by atoms with Gasteiger partial charge in [-0.05, 0) is 19.3 Å². The largest absolute Gasteiger partial charge is 0.392 e. The van der Waals surface area contributed by atoms with Gasteiger partial charge < -0.3 is 9.84 Å². The van der Waals surface area contributed by atoms with Crippen LogP contribution in [0, 0.1) is 5.92 Å². The van der Waals surface area contributed by atoms with E-state index >= 15 is 0 Å². The van der Waals surface area contributed by atoms with Crippen molar-refractivity contribution in [2.45, 2.75) is 58.8 Å². The van der Waals surface area contributed by atoms with Crippen LogP contribution >= 0.6 is 0 Å². The van der Waals surface area contributed by atoms with Gasteiger partial charge in [-0.2, -0.15) is 0 Å². The number of β-amino-alcohol motifs (C(OH)–C–C–N with tert-alkyl or cyclic N) is 1. The Labute approximate surface area is 99.8 Å². The van der Waals surface area contributed by atoms with Gasteiger partial charge in [-0.25, -0.2) is 0 Å². The molecule has 1 saturated heterocycles. The molecule has 0 aliphatic carbocycles. The second kappa shape index (κ2) is 6.58. The molecule has 0 aromatic heterocycles. The smallest absolute Gasteiger partial charge is 0.0692 e. The van der Waals surface area contributed by atoms with Crippen molar-refractivity contribution >= 4 is 0 Å². The molecule has 0 amide bonds. The highest BCUT2D eigenvalue weighted by Gasteiger charge is 2.28. The minimum Gasteiger partial charge on any atom is -0.392 e. The van der Waals surface area contributed by atoms with E-state index in [1.165, 1.54) is 0 Å². The van der Waals surface area contributed by atoms with Crippen LogP contribution in [0.15, 0.2) is 0 Å². The molecular formula is C13H27NO2. The van der Waals surface area contributed by atoms with Crippen molar-refractivity contribution in [1.82, 2.24) is 4.90 Å². The van der Waals surface area contributed by atoms with Gasteiger partial charge >= 0.3 is 0 Å². The molecule has 0 aromatic carbocycles. The molecule has 0 radical (unpaired) electrons. The zero-order valence-corrected chi connectivity index (χ0v) is 11.1. The fourth-order valence-corrected chi connectivity index (χ4v) is 2.20. The van der Waals surface area contributed by atoms with Crippen LogP contribution in [0.25, 0.3) is 0 Å². The van der Waals surface area contributed by atoms with Gasteiger partial charge in [0.2, 0.25) is 0 Å². The van der Waals surface area contributed by atoms with E-state index in [2.05, 4.69) is 32.6 Å². The number of nitrogens with zero attached hydrogens (tertiary/aromatic N) is 1. The third kappa shape index (κ3) is 3.72. The van der Waals surface area contributed by atoms with Crippen molar-refractivity contribution in [1.29, 1.82) is 0 Å². The van der Waals surface area contributed by atoms with Gasteiger partial charge in [0.25, 0.3) is 0 Å². The lowest BCUT2D eigenvalue weighted by Gasteiger charge is -2.40. The van der Waals surface area contributed by atoms with Crippen molar-refractivity contribution < 1.29 is 9.84 Å². The normalized spacial score (nSPS) is 31.3. The number of aliphatic hydroxyl groups is 1. The summed E-state index contributed by atoms with van der Waals surface area (Å²) in [7, 11) is 0. The molecule has 1 aliphatic heterocycles. The first-order chi connectivity index (χ1) is 7.58. The molecule has 96 valence electrons. The molecule has 3 heteroatoms. The summed E-state index contributed by atoms with van der Waals surface area (Å²) in [6.07, 6.45) is 2.23. The van der Waals surface area contributed by atoms with E-state index in [-0.39, 0.29) is 6.10 Å². The SMILES string of the molecule is CCC(C)C(O)CN1CC(C)OCC1CC. The number of hydrogen-bond acceptors (Lipinski definition) is 3. The summed E-state index contributed by atoms with van der Waals surface area (Å²) in [5, 5.41) is 10.1. The molecule has 16 heavy (non-hydrogen) atoms. The van der Waals surface area contributed by atoms with Crippen LogP contribution in [0.1, 0.15) is 40.5 Å². The second-order valence-electron chi connectivity index (χ2n) is 5.11. The standard InChI is InChI=1S/C13H27NO2/c1-5-10(3)13(15)8-14-7-11(4)16-9-12(14)6-2/h10-13,15H,5-9H2,1-4H3. The molecule has 1 rings (SSSR count). The Bertz CT molecular complexity index is 198. The maximum Gasteiger partial charge on any atom is 0.0692 e. The van der Waals surface area contributed by atoms with Crippen molar-refractivity contribution in [3.8, 4) is 0 Å². The van der Waals surface area contributed by atoms with Gasteiger partial charge in [-0.1, -0.05) is 27.2 Å². The van der Waals surface area contributed by atoms with E-state index in [1.54, 1.807) is 0 Å². The summed E-state index contributed by atoms with van der Waals surface area (Å²) in [5.41, 5.74) is 0. The molecule has 0 spiro atoms. The first-order valence-electron chi connectivity index (χ1n) is 6.62. The van der Waals surface area contributed by atoms with Crippen LogP contribution in [0.5, 0.6) is 0 Å². The van der Waals surface area contributed by atoms with Gasteiger partial charge in [-0.3, -0.25) is 4.90 Å². The minimum absolute atomic E-state index is 0.204. The Morgan fingerprint density at radius 3 is 2.69 bits per heavy atom. The predicted molar refractivity (Wildman–Crippen MR) is 66.5 cm³/mol. The fraction of sp³-hybridized carbons (Fsp3) is 1.00. The minimum atomic E-state index is -0.204. The summed E-state index contributed by atoms with van der Waals surface area (Å²) >= 11 is 0. The van der Waals surface area contributed by atoms with Gasteiger partial charge in [0.1, 0.15) is 0 Å². The Balaban J connectivity index is 2.48.